The molecule has 0 radical (unpaired) electrons. The Kier molecular flexibility index (Phi) is 2.99. The molecule has 0 spiro atoms. The third kappa shape index (κ3) is 1.92. The molecule has 0 saturated carbocycles. The fourth-order valence-corrected chi connectivity index (χ4v) is 1.98. The molecular formula is C7H6BrNO2S. The number of thiophene rings is 1. The number of hydrogen-bond acceptors (Lipinski definition) is 3. The van der Waals surface area contributed by atoms with Crippen molar-refractivity contribution >= 4 is 39.0 Å². The predicted octanol–water partition coefficient (Wildman–Crippen LogP) is 1.44. The first-order chi connectivity index (χ1) is 5.65. The van der Waals surface area contributed by atoms with Gasteiger partial charge in [0.25, 0.3) is 11.7 Å². The van der Waals surface area contributed by atoms with E-state index in [0.717, 1.165) is 3.79 Å². The standard InChI is InChI=1S/C7H6BrNO2S/c1-9-7(11)6(10)4-2-3-5(8)12-4/h2-3H,1H3,(H,9,11). The van der Waals surface area contributed by atoms with E-state index in [1.54, 1.807) is 12.1 Å². The predicted molar refractivity (Wildman–Crippen MR) is 50.4 cm³/mol. The van der Waals surface area contributed by atoms with Crippen molar-refractivity contribution in [1.82, 2.24) is 5.32 Å². The van der Waals surface area contributed by atoms with Gasteiger partial charge in [0.2, 0.25) is 0 Å². The lowest BCUT2D eigenvalue weighted by molar-refractivity contribution is -0.116. The highest BCUT2D eigenvalue weighted by atomic mass is 79.9. The minimum atomic E-state index is -0.579. The van der Waals surface area contributed by atoms with Crippen LogP contribution in [-0.2, 0) is 4.79 Å². The molecule has 1 heterocycles. The SMILES string of the molecule is CNC(=O)C(=O)c1ccc(Br)s1. The smallest absolute Gasteiger partial charge is 0.293 e. The zero-order valence-corrected chi connectivity index (χ0v) is 8.66. The van der Waals surface area contributed by atoms with E-state index in [2.05, 4.69) is 21.2 Å². The molecule has 1 aromatic heterocycles. The molecule has 64 valence electrons. The van der Waals surface area contributed by atoms with Gasteiger partial charge in [-0.1, -0.05) is 0 Å². The Morgan fingerprint density at radius 1 is 1.50 bits per heavy atom. The third-order valence-corrected chi connectivity index (χ3v) is 2.85. The zero-order valence-electron chi connectivity index (χ0n) is 6.26. The lowest BCUT2D eigenvalue weighted by Crippen LogP contribution is -2.26. The van der Waals surface area contributed by atoms with Gasteiger partial charge in [-0.05, 0) is 28.1 Å². The number of ketones is 1. The molecular weight excluding hydrogens is 242 g/mol. The van der Waals surface area contributed by atoms with Crippen LogP contribution in [0.1, 0.15) is 9.67 Å². The van der Waals surface area contributed by atoms with E-state index in [0.29, 0.717) is 4.88 Å². The second-order valence-electron chi connectivity index (χ2n) is 2.01. The van der Waals surface area contributed by atoms with Crippen molar-refractivity contribution in [1.29, 1.82) is 0 Å². The molecule has 3 nitrogen and oxygen atoms in total. The van der Waals surface area contributed by atoms with E-state index in [9.17, 15) is 9.59 Å². The Morgan fingerprint density at radius 2 is 2.17 bits per heavy atom. The van der Waals surface area contributed by atoms with Crippen LogP contribution in [-0.4, -0.2) is 18.7 Å². The van der Waals surface area contributed by atoms with Gasteiger partial charge in [-0.15, -0.1) is 11.3 Å². The Hall–Kier alpha value is -0.680. The largest absolute Gasteiger partial charge is 0.352 e. The van der Waals surface area contributed by atoms with Gasteiger partial charge in [-0.3, -0.25) is 9.59 Å². The molecule has 1 aromatic rings. The fourth-order valence-electron chi connectivity index (χ4n) is 0.662. The number of nitrogens with one attached hydrogen (secondary N) is 1. The number of amides is 1. The van der Waals surface area contributed by atoms with E-state index in [4.69, 9.17) is 0 Å². The van der Waals surface area contributed by atoms with Crippen LogP contribution in [0.25, 0.3) is 0 Å². The van der Waals surface area contributed by atoms with Crippen molar-refractivity contribution in [3.63, 3.8) is 0 Å². The van der Waals surface area contributed by atoms with E-state index < -0.39 is 11.7 Å². The maximum Gasteiger partial charge on any atom is 0.293 e. The molecule has 1 rings (SSSR count). The van der Waals surface area contributed by atoms with Crippen LogP contribution >= 0.6 is 27.3 Å². The Bertz CT molecular complexity index is 321. The van der Waals surface area contributed by atoms with Gasteiger partial charge in [0, 0.05) is 7.05 Å². The van der Waals surface area contributed by atoms with Crippen LogP contribution in [0.5, 0.6) is 0 Å². The van der Waals surface area contributed by atoms with Gasteiger partial charge in [0.15, 0.2) is 0 Å². The van der Waals surface area contributed by atoms with E-state index in [1.807, 2.05) is 0 Å². The summed E-state index contributed by atoms with van der Waals surface area (Å²) in [5.74, 6) is -1.07. The van der Waals surface area contributed by atoms with Crippen molar-refractivity contribution in [2.24, 2.45) is 0 Å². The first-order valence-electron chi connectivity index (χ1n) is 3.17. The Balaban J connectivity index is 2.85. The van der Waals surface area contributed by atoms with Gasteiger partial charge in [-0.25, -0.2) is 0 Å². The van der Waals surface area contributed by atoms with Crippen molar-refractivity contribution < 1.29 is 9.59 Å². The number of halogens is 1. The molecule has 12 heavy (non-hydrogen) atoms. The summed E-state index contributed by atoms with van der Waals surface area (Å²) in [7, 11) is 1.43. The third-order valence-electron chi connectivity index (χ3n) is 1.23. The molecule has 0 fully saturated rings. The maximum absolute atomic E-state index is 11.2. The summed E-state index contributed by atoms with van der Waals surface area (Å²) in [6.07, 6.45) is 0. The normalized spacial score (nSPS) is 9.50. The summed E-state index contributed by atoms with van der Waals surface area (Å²) in [4.78, 5) is 22.5. The van der Waals surface area contributed by atoms with Crippen LogP contribution in [0.15, 0.2) is 15.9 Å². The van der Waals surface area contributed by atoms with Gasteiger partial charge in [0.1, 0.15) is 0 Å². The van der Waals surface area contributed by atoms with Crippen molar-refractivity contribution in [2.75, 3.05) is 7.05 Å². The quantitative estimate of drug-likeness (QED) is 0.635. The van der Waals surface area contributed by atoms with E-state index in [1.165, 1.54) is 18.4 Å². The number of Topliss-reactive ketones (excluding diaryl/α,β-unsaturated/α-hetero) is 1. The molecule has 0 aromatic carbocycles. The number of rotatable bonds is 2. The van der Waals surface area contributed by atoms with Gasteiger partial charge >= 0.3 is 0 Å². The van der Waals surface area contributed by atoms with Crippen molar-refractivity contribution in [3.8, 4) is 0 Å². The van der Waals surface area contributed by atoms with Gasteiger partial charge in [0.05, 0.1) is 8.66 Å². The minimum Gasteiger partial charge on any atom is -0.352 e. The number of likely N-dealkylation sites (N-methyl/N-ethyl adjacent to an activating group) is 1. The summed E-state index contributed by atoms with van der Waals surface area (Å²) < 4.78 is 0.842. The fraction of sp³-hybridized carbons (Fsp3) is 0.143. The molecule has 0 unspecified atom stereocenters. The summed E-state index contributed by atoms with van der Waals surface area (Å²) >= 11 is 4.45. The molecule has 0 aliphatic carbocycles. The first-order valence-corrected chi connectivity index (χ1v) is 4.78. The molecule has 1 N–H and O–H groups in total. The molecule has 1 amide bonds. The average molecular weight is 248 g/mol. The summed E-state index contributed by atoms with van der Waals surface area (Å²) in [5.41, 5.74) is 0. The van der Waals surface area contributed by atoms with Crippen LogP contribution in [0.3, 0.4) is 0 Å². The van der Waals surface area contributed by atoms with Gasteiger partial charge in [-0.2, -0.15) is 0 Å². The molecule has 0 bridgehead atoms. The number of hydrogen-bond donors (Lipinski definition) is 1. The van der Waals surface area contributed by atoms with Crippen LogP contribution in [0.4, 0.5) is 0 Å². The number of carbonyl (C=O) groups is 2. The topological polar surface area (TPSA) is 46.2 Å². The van der Waals surface area contributed by atoms with Crippen LogP contribution in [0, 0.1) is 0 Å². The van der Waals surface area contributed by atoms with Crippen molar-refractivity contribution in [2.45, 2.75) is 0 Å². The van der Waals surface area contributed by atoms with Crippen molar-refractivity contribution in [3.05, 3.63) is 20.8 Å². The second kappa shape index (κ2) is 3.82. The summed E-state index contributed by atoms with van der Waals surface area (Å²) in [5, 5.41) is 2.28. The molecule has 5 heteroatoms. The van der Waals surface area contributed by atoms with Crippen LogP contribution < -0.4 is 5.32 Å². The highest BCUT2D eigenvalue weighted by Gasteiger charge is 2.15. The Labute approximate surface area is 81.9 Å². The monoisotopic (exact) mass is 247 g/mol. The first kappa shape index (κ1) is 9.41. The summed E-state index contributed by atoms with van der Waals surface area (Å²) in [6, 6.07) is 3.35. The number of carbonyl (C=O) groups excluding carboxylic acids is 2. The lowest BCUT2D eigenvalue weighted by Gasteiger charge is -1.93. The Morgan fingerprint density at radius 3 is 2.58 bits per heavy atom. The summed E-state index contributed by atoms with van der Waals surface area (Å²) in [6.45, 7) is 0. The molecule has 0 saturated heterocycles. The highest BCUT2D eigenvalue weighted by Crippen LogP contribution is 2.22. The lowest BCUT2D eigenvalue weighted by atomic mass is 10.3. The molecule has 0 aliphatic rings. The minimum absolute atomic E-state index is 0.446. The maximum atomic E-state index is 11.2. The molecule has 0 aliphatic heterocycles. The molecule has 0 atom stereocenters. The van der Waals surface area contributed by atoms with E-state index in [-0.39, 0.29) is 0 Å². The van der Waals surface area contributed by atoms with Gasteiger partial charge < -0.3 is 5.32 Å². The average Bonchev–Trinajstić information content (AvgIpc) is 2.49. The highest BCUT2D eigenvalue weighted by molar-refractivity contribution is 9.11. The van der Waals surface area contributed by atoms with Crippen LogP contribution in [0.2, 0.25) is 0 Å². The zero-order chi connectivity index (χ0) is 9.14. The second-order valence-corrected chi connectivity index (χ2v) is 4.48. The van der Waals surface area contributed by atoms with E-state index >= 15 is 0 Å².